The number of halogens is 1. The van der Waals surface area contributed by atoms with Crippen molar-refractivity contribution in [3.63, 3.8) is 0 Å². The Bertz CT molecular complexity index is 425. The van der Waals surface area contributed by atoms with Gasteiger partial charge in [-0.1, -0.05) is 23.7 Å². The minimum absolute atomic E-state index is 0.0940. The van der Waals surface area contributed by atoms with Gasteiger partial charge < -0.3 is 10.4 Å². The standard InChI is InChI=1S/C13H17ClN2O2/c14-11-5-1-2-6-12(11)15-13(18)8-16-7-3-4-10(16)9-17/h1-2,5-6,10,17H,3-4,7-9H2,(H,15,18)/t10-/m1/s1. The van der Waals surface area contributed by atoms with Crippen molar-refractivity contribution in [2.45, 2.75) is 18.9 Å². The number of carbonyl (C=O) groups is 1. The number of anilines is 1. The van der Waals surface area contributed by atoms with E-state index in [1.807, 2.05) is 17.0 Å². The van der Waals surface area contributed by atoms with E-state index in [-0.39, 0.29) is 18.6 Å². The van der Waals surface area contributed by atoms with Gasteiger partial charge in [-0.15, -0.1) is 0 Å². The lowest BCUT2D eigenvalue weighted by molar-refractivity contribution is -0.117. The first-order chi connectivity index (χ1) is 8.70. The molecule has 98 valence electrons. The molecular weight excluding hydrogens is 252 g/mol. The normalized spacial score (nSPS) is 20.0. The van der Waals surface area contributed by atoms with Crippen molar-refractivity contribution in [1.29, 1.82) is 0 Å². The Kier molecular flexibility index (Phi) is 4.58. The van der Waals surface area contributed by atoms with Crippen LogP contribution >= 0.6 is 11.6 Å². The summed E-state index contributed by atoms with van der Waals surface area (Å²) in [6.45, 7) is 1.27. The third-order valence-electron chi connectivity index (χ3n) is 3.20. The number of aliphatic hydroxyl groups excluding tert-OH is 1. The fourth-order valence-corrected chi connectivity index (χ4v) is 2.43. The molecule has 0 unspecified atom stereocenters. The van der Waals surface area contributed by atoms with Gasteiger partial charge in [0.05, 0.1) is 23.9 Å². The van der Waals surface area contributed by atoms with Gasteiger partial charge in [0.15, 0.2) is 0 Å². The number of likely N-dealkylation sites (tertiary alicyclic amines) is 1. The van der Waals surface area contributed by atoms with Crippen LogP contribution < -0.4 is 5.32 Å². The summed E-state index contributed by atoms with van der Waals surface area (Å²) in [6.07, 6.45) is 1.99. The van der Waals surface area contributed by atoms with Crippen LogP contribution in [0.25, 0.3) is 0 Å². The summed E-state index contributed by atoms with van der Waals surface area (Å²) in [5.41, 5.74) is 0.629. The number of amides is 1. The van der Waals surface area contributed by atoms with E-state index in [0.717, 1.165) is 19.4 Å². The Morgan fingerprint density at radius 3 is 3.00 bits per heavy atom. The second-order valence-corrected chi connectivity index (χ2v) is 4.88. The van der Waals surface area contributed by atoms with Crippen LogP contribution in [0.4, 0.5) is 5.69 Å². The molecule has 5 heteroatoms. The number of para-hydroxylation sites is 1. The summed E-state index contributed by atoms with van der Waals surface area (Å²) in [7, 11) is 0. The van der Waals surface area contributed by atoms with E-state index in [2.05, 4.69) is 5.32 Å². The monoisotopic (exact) mass is 268 g/mol. The summed E-state index contributed by atoms with van der Waals surface area (Å²) < 4.78 is 0. The summed E-state index contributed by atoms with van der Waals surface area (Å²) in [5, 5.41) is 12.5. The number of nitrogens with one attached hydrogen (secondary N) is 1. The van der Waals surface area contributed by atoms with Crippen LogP contribution in [0.5, 0.6) is 0 Å². The number of aliphatic hydroxyl groups is 1. The number of rotatable bonds is 4. The van der Waals surface area contributed by atoms with Gasteiger partial charge >= 0.3 is 0 Å². The minimum atomic E-state index is -0.0940. The van der Waals surface area contributed by atoms with Gasteiger partial charge in [-0.2, -0.15) is 0 Å². The van der Waals surface area contributed by atoms with E-state index < -0.39 is 0 Å². The molecule has 1 fully saturated rings. The average molecular weight is 269 g/mol. The fraction of sp³-hybridized carbons (Fsp3) is 0.462. The molecule has 2 N–H and O–H groups in total. The molecule has 1 aromatic rings. The van der Waals surface area contributed by atoms with E-state index in [0.29, 0.717) is 17.3 Å². The van der Waals surface area contributed by atoms with E-state index >= 15 is 0 Å². The molecule has 1 aliphatic rings. The van der Waals surface area contributed by atoms with E-state index in [1.54, 1.807) is 12.1 Å². The molecule has 4 nitrogen and oxygen atoms in total. The summed E-state index contributed by atoms with van der Waals surface area (Å²) in [6, 6.07) is 7.27. The molecule has 18 heavy (non-hydrogen) atoms. The predicted molar refractivity (Wildman–Crippen MR) is 71.8 cm³/mol. The number of hydrogen-bond donors (Lipinski definition) is 2. The zero-order valence-corrected chi connectivity index (χ0v) is 10.9. The molecule has 0 radical (unpaired) electrons. The van der Waals surface area contributed by atoms with Gasteiger partial charge in [0.2, 0.25) is 5.91 Å². The summed E-state index contributed by atoms with van der Waals surface area (Å²) in [4.78, 5) is 13.9. The molecule has 0 saturated carbocycles. The minimum Gasteiger partial charge on any atom is -0.395 e. The van der Waals surface area contributed by atoms with Gasteiger partial charge in [0.1, 0.15) is 0 Å². The lowest BCUT2D eigenvalue weighted by Gasteiger charge is -2.21. The van der Waals surface area contributed by atoms with Gasteiger partial charge in [-0.25, -0.2) is 0 Å². The molecule has 0 spiro atoms. The lowest BCUT2D eigenvalue weighted by atomic mass is 10.2. The largest absolute Gasteiger partial charge is 0.395 e. The molecule has 1 heterocycles. The molecular formula is C13H17ClN2O2. The Balaban J connectivity index is 1.91. The second-order valence-electron chi connectivity index (χ2n) is 4.48. The van der Waals surface area contributed by atoms with Gasteiger partial charge in [0, 0.05) is 6.04 Å². The number of hydrogen-bond acceptors (Lipinski definition) is 3. The molecule has 0 aliphatic carbocycles. The second kappa shape index (κ2) is 6.18. The molecule has 2 rings (SSSR count). The summed E-state index contributed by atoms with van der Waals surface area (Å²) in [5.74, 6) is -0.0940. The summed E-state index contributed by atoms with van der Waals surface area (Å²) >= 11 is 5.97. The molecule has 1 atom stereocenters. The smallest absolute Gasteiger partial charge is 0.238 e. The maximum atomic E-state index is 11.9. The average Bonchev–Trinajstić information content (AvgIpc) is 2.79. The van der Waals surface area contributed by atoms with Crippen LogP contribution in [0.15, 0.2) is 24.3 Å². The predicted octanol–water partition coefficient (Wildman–Crippen LogP) is 1.74. The van der Waals surface area contributed by atoms with E-state index in [4.69, 9.17) is 11.6 Å². The van der Waals surface area contributed by atoms with Crippen molar-refractivity contribution in [1.82, 2.24) is 4.90 Å². The highest BCUT2D eigenvalue weighted by molar-refractivity contribution is 6.33. The van der Waals surface area contributed by atoms with Crippen LogP contribution in [0.1, 0.15) is 12.8 Å². The molecule has 0 aromatic heterocycles. The van der Waals surface area contributed by atoms with Crippen LogP contribution in [0.3, 0.4) is 0 Å². The Hall–Kier alpha value is -1.10. The molecule has 0 bridgehead atoms. The van der Waals surface area contributed by atoms with Crippen molar-refractivity contribution in [3.8, 4) is 0 Å². The Morgan fingerprint density at radius 1 is 1.50 bits per heavy atom. The number of benzene rings is 1. The van der Waals surface area contributed by atoms with E-state index in [1.165, 1.54) is 0 Å². The maximum Gasteiger partial charge on any atom is 0.238 e. The van der Waals surface area contributed by atoms with Crippen molar-refractivity contribution >= 4 is 23.2 Å². The molecule has 1 aromatic carbocycles. The number of nitrogens with zero attached hydrogens (tertiary/aromatic N) is 1. The van der Waals surface area contributed by atoms with Gasteiger partial charge in [0.25, 0.3) is 0 Å². The fourth-order valence-electron chi connectivity index (χ4n) is 2.25. The van der Waals surface area contributed by atoms with Crippen LogP contribution in [-0.2, 0) is 4.79 Å². The van der Waals surface area contributed by atoms with Crippen LogP contribution in [0.2, 0.25) is 5.02 Å². The van der Waals surface area contributed by atoms with Gasteiger partial charge in [-0.3, -0.25) is 9.69 Å². The van der Waals surface area contributed by atoms with Crippen LogP contribution in [-0.4, -0.2) is 41.7 Å². The Morgan fingerprint density at radius 2 is 2.28 bits per heavy atom. The zero-order valence-electron chi connectivity index (χ0n) is 10.1. The quantitative estimate of drug-likeness (QED) is 0.875. The topological polar surface area (TPSA) is 52.6 Å². The highest BCUT2D eigenvalue weighted by Gasteiger charge is 2.25. The first-order valence-electron chi connectivity index (χ1n) is 6.10. The van der Waals surface area contributed by atoms with Crippen molar-refractivity contribution in [2.24, 2.45) is 0 Å². The first kappa shape index (κ1) is 13.3. The number of carbonyl (C=O) groups excluding carboxylic acids is 1. The third-order valence-corrected chi connectivity index (χ3v) is 3.53. The van der Waals surface area contributed by atoms with Crippen molar-refractivity contribution in [3.05, 3.63) is 29.3 Å². The maximum absolute atomic E-state index is 11.9. The van der Waals surface area contributed by atoms with Crippen molar-refractivity contribution < 1.29 is 9.90 Å². The zero-order chi connectivity index (χ0) is 13.0. The third kappa shape index (κ3) is 3.22. The molecule has 1 amide bonds. The SMILES string of the molecule is O=C(CN1CCC[C@@H]1CO)Nc1ccccc1Cl. The first-order valence-corrected chi connectivity index (χ1v) is 6.48. The highest BCUT2D eigenvalue weighted by atomic mass is 35.5. The van der Waals surface area contributed by atoms with E-state index in [9.17, 15) is 9.90 Å². The Labute approximate surface area is 112 Å². The van der Waals surface area contributed by atoms with Gasteiger partial charge in [-0.05, 0) is 31.5 Å². The lowest BCUT2D eigenvalue weighted by Crippen LogP contribution is -2.38. The molecule has 1 saturated heterocycles. The van der Waals surface area contributed by atoms with Crippen LogP contribution in [0, 0.1) is 0 Å². The highest BCUT2D eigenvalue weighted by Crippen LogP contribution is 2.21. The van der Waals surface area contributed by atoms with Crippen molar-refractivity contribution in [2.75, 3.05) is 25.0 Å². The molecule has 1 aliphatic heterocycles.